The predicted octanol–water partition coefficient (Wildman–Crippen LogP) is -0.247. The van der Waals surface area contributed by atoms with Crippen molar-refractivity contribution in [2.45, 2.75) is 12.5 Å². The predicted molar refractivity (Wildman–Crippen MR) is 68.3 cm³/mol. The fraction of sp³-hybridized carbons (Fsp3) is 0.333. The SMILES string of the molecule is Cn1nc2n(c1=O)-c1cc(N)ccc1OCC2(C)O. The number of fused-ring (bicyclic) bond motifs is 3. The molecule has 7 nitrogen and oxygen atoms in total. The van der Waals surface area contributed by atoms with Crippen molar-refractivity contribution >= 4 is 5.69 Å². The van der Waals surface area contributed by atoms with Crippen LogP contribution in [0.3, 0.4) is 0 Å². The van der Waals surface area contributed by atoms with Crippen LogP contribution in [-0.2, 0) is 12.6 Å². The van der Waals surface area contributed by atoms with E-state index in [9.17, 15) is 9.90 Å². The minimum atomic E-state index is -1.35. The second-order valence-corrected chi connectivity index (χ2v) is 4.85. The van der Waals surface area contributed by atoms with E-state index in [0.29, 0.717) is 17.1 Å². The van der Waals surface area contributed by atoms with Gasteiger partial charge in [0.1, 0.15) is 12.4 Å². The van der Waals surface area contributed by atoms with E-state index in [4.69, 9.17) is 10.5 Å². The Kier molecular flexibility index (Phi) is 2.24. The van der Waals surface area contributed by atoms with Crippen LogP contribution < -0.4 is 16.2 Å². The zero-order valence-corrected chi connectivity index (χ0v) is 10.6. The lowest BCUT2D eigenvalue weighted by Crippen LogP contribution is -2.32. The minimum Gasteiger partial charge on any atom is -0.488 e. The van der Waals surface area contributed by atoms with Crippen molar-refractivity contribution in [3.63, 3.8) is 0 Å². The summed E-state index contributed by atoms with van der Waals surface area (Å²) in [4.78, 5) is 12.2. The summed E-state index contributed by atoms with van der Waals surface area (Å²) in [6.07, 6.45) is 0. The molecule has 0 fully saturated rings. The van der Waals surface area contributed by atoms with Crippen molar-refractivity contribution in [1.29, 1.82) is 0 Å². The molecule has 1 unspecified atom stereocenters. The number of nitrogen functional groups attached to an aromatic ring is 1. The highest BCUT2D eigenvalue weighted by molar-refractivity contribution is 5.57. The van der Waals surface area contributed by atoms with Crippen LogP contribution >= 0.6 is 0 Å². The van der Waals surface area contributed by atoms with Gasteiger partial charge in [0, 0.05) is 12.7 Å². The van der Waals surface area contributed by atoms with Gasteiger partial charge in [-0.15, -0.1) is 0 Å². The summed E-state index contributed by atoms with van der Waals surface area (Å²) in [5.41, 5.74) is 5.04. The van der Waals surface area contributed by atoms with Crippen LogP contribution in [0.15, 0.2) is 23.0 Å². The molecule has 7 heteroatoms. The van der Waals surface area contributed by atoms with Crippen LogP contribution in [0.25, 0.3) is 5.69 Å². The molecule has 0 amide bonds. The number of benzene rings is 1. The molecule has 0 radical (unpaired) electrons. The standard InChI is InChI=1S/C12H14N4O3/c1-12(18)6-19-9-4-3-7(13)5-8(9)16-10(12)14-15(2)11(16)17/h3-5,18H,6,13H2,1-2H3. The van der Waals surface area contributed by atoms with Crippen molar-refractivity contribution in [3.8, 4) is 11.4 Å². The average molecular weight is 262 g/mol. The summed E-state index contributed by atoms with van der Waals surface area (Å²) in [6, 6.07) is 4.98. The Hall–Kier alpha value is -2.28. The highest BCUT2D eigenvalue weighted by atomic mass is 16.5. The average Bonchev–Trinajstić information content (AvgIpc) is 2.59. The van der Waals surface area contributed by atoms with Gasteiger partial charge in [-0.1, -0.05) is 0 Å². The summed E-state index contributed by atoms with van der Waals surface area (Å²) in [7, 11) is 1.53. The molecule has 3 rings (SSSR count). The van der Waals surface area contributed by atoms with Crippen LogP contribution in [-0.4, -0.2) is 26.1 Å². The monoisotopic (exact) mass is 262 g/mol. The fourth-order valence-electron chi connectivity index (χ4n) is 2.14. The molecule has 2 heterocycles. The molecule has 0 bridgehead atoms. The molecule has 100 valence electrons. The van der Waals surface area contributed by atoms with Crippen molar-refractivity contribution in [2.75, 3.05) is 12.3 Å². The van der Waals surface area contributed by atoms with E-state index in [0.717, 1.165) is 0 Å². The first-order valence-electron chi connectivity index (χ1n) is 5.82. The lowest BCUT2D eigenvalue weighted by Gasteiger charge is -2.18. The fourth-order valence-corrected chi connectivity index (χ4v) is 2.14. The first-order valence-corrected chi connectivity index (χ1v) is 5.82. The van der Waals surface area contributed by atoms with Crippen LogP contribution in [0.2, 0.25) is 0 Å². The Bertz CT molecular complexity index is 714. The second kappa shape index (κ2) is 3.61. The Labute approximate surface area is 108 Å². The topological polar surface area (TPSA) is 95.3 Å². The summed E-state index contributed by atoms with van der Waals surface area (Å²) in [6.45, 7) is 1.57. The van der Waals surface area contributed by atoms with Crippen molar-refractivity contribution in [3.05, 3.63) is 34.5 Å². The van der Waals surface area contributed by atoms with Gasteiger partial charge in [-0.25, -0.2) is 14.0 Å². The largest absolute Gasteiger partial charge is 0.488 e. The van der Waals surface area contributed by atoms with Gasteiger partial charge in [0.05, 0.1) is 5.69 Å². The quantitative estimate of drug-likeness (QED) is 0.638. The lowest BCUT2D eigenvalue weighted by molar-refractivity contribution is 0.00200. The summed E-state index contributed by atoms with van der Waals surface area (Å²) < 4.78 is 8.05. The maximum atomic E-state index is 12.2. The molecule has 1 aliphatic rings. The lowest BCUT2D eigenvalue weighted by atomic mass is 10.1. The van der Waals surface area contributed by atoms with Gasteiger partial charge in [0.2, 0.25) is 0 Å². The summed E-state index contributed by atoms with van der Waals surface area (Å²) >= 11 is 0. The molecule has 1 aromatic carbocycles. The number of anilines is 1. The number of ether oxygens (including phenoxy) is 1. The van der Waals surface area contributed by atoms with E-state index in [1.54, 1.807) is 25.1 Å². The molecule has 0 saturated heterocycles. The molecule has 3 N–H and O–H groups in total. The van der Waals surface area contributed by atoms with Gasteiger partial charge in [0.15, 0.2) is 11.4 Å². The van der Waals surface area contributed by atoms with Crippen LogP contribution in [0.5, 0.6) is 5.75 Å². The van der Waals surface area contributed by atoms with Crippen LogP contribution in [0, 0.1) is 0 Å². The van der Waals surface area contributed by atoms with E-state index >= 15 is 0 Å². The number of hydrogen-bond acceptors (Lipinski definition) is 5. The van der Waals surface area contributed by atoms with Gasteiger partial charge < -0.3 is 15.6 Å². The zero-order chi connectivity index (χ0) is 13.8. The number of nitrogens with zero attached hydrogens (tertiary/aromatic N) is 3. The van der Waals surface area contributed by atoms with Gasteiger partial charge in [-0.2, -0.15) is 5.10 Å². The van der Waals surface area contributed by atoms with E-state index in [1.807, 2.05) is 0 Å². The number of aromatic nitrogens is 3. The minimum absolute atomic E-state index is 0.0143. The molecule has 0 saturated carbocycles. The van der Waals surface area contributed by atoms with Crippen molar-refractivity contribution in [2.24, 2.45) is 7.05 Å². The van der Waals surface area contributed by atoms with Gasteiger partial charge >= 0.3 is 5.69 Å². The highest BCUT2D eigenvalue weighted by Gasteiger charge is 2.36. The normalized spacial score (nSPS) is 21.2. The second-order valence-electron chi connectivity index (χ2n) is 4.85. The molecule has 19 heavy (non-hydrogen) atoms. The van der Waals surface area contributed by atoms with E-state index in [2.05, 4.69) is 5.10 Å². The molecular formula is C12H14N4O3. The molecule has 1 atom stereocenters. The summed E-state index contributed by atoms with van der Waals surface area (Å²) in [5.74, 6) is 0.729. The van der Waals surface area contributed by atoms with Gasteiger partial charge in [-0.3, -0.25) is 0 Å². The van der Waals surface area contributed by atoms with E-state index in [-0.39, 0.29) is 18.1 Å². The maximum Gasteiger partial charge on any atom is 0.350 e. The summed E-state index contributed by atoms with van der Waals surface area (Å²) in [5, 5.41) is 14.5. The molecule has 1 aliphatic heterocycles. The number of nitrogens with two attached hydrogens (primary N) is 1. The molecule has 0 aliphatic carbocycles. The van der Waals surface area contributed by atoms with Crippen LogP contribution in [0.1, 0.15) is 12.7 Å². The Morgan fingerprint density at radius 3 is 3.00 bits per heavy atom. The first kappa shape index (κ1) is 11.8. The molecular weight excluding hydrogens is 248 g/mol. The number of aliphatic hydroxyl groups is 1. The Balaban J connectivity index is 2.41. The number of rotatable bonds is 0. The van der Waals surface area contributed by atoms with Gasteiger partial charge in [-0.05, 0) is 25.1 Å². The van der Waals surface area contributed by atoms with Crippen LogP contribution in [0.4, 0.5) is 5.69 Å². The molecule has 1 aromatic heterocycles. The van der Waals surface area contributed by atoms with E-state index < -0.39 is 5.60 Å². The number of hydrogen-bond donors (Lipinski definition) is 2. The Morgan fingerprint density at radius 1 is 1.53 bits per heavy atom. The third-order valence-electron chi connectivity index (χ3n) is 3.14. The van der Waals surface area contributed by atoms with Gasteiger partial charge in [0.25, 0.3) is 0 Å². The van der Waals surface area contributed by atoms with Crippen molar-refractivity contribution in [1.82, 2.24) is 14.3 Å². The third kappa shape index (κ3) is 1.62. The molecule has 2 aromatic rings. The highest BCUT2D eigenvalue weighted by Crippen LogP contribution is 2.32. The van der Waals surface area contributed by atoms with Crippen molar-refractivity contribution < 1.29 is 9.84 Å². The Morgan fingerprint density at radius 2 is 2.26 bits per heavy atom. The first-order chi connectivity index (χ1) is 8.90. The third-order valence-corrected chi connectivity index (χ3v) is 3.14. The number of aryl methyl sites for hydroxylation is 1. The maximum absolute atomic E-state index is 12.2. The van der Waals surface area contributed by atoms with E-state index in [1.165, 1.54) is 16.3 Å². The zero-order valence-electron chi connectivity index (χ0n) is 10.6. The smallest absolute Gasteiger partial charge is 0.350 e. The molecule has 0 spiro atoms.